The third kappa shape index (κ3) is 5.75. The lowest BCUT2D eigenvalue weighted by atomic mass is 9.83. The smallest absolute Gasteiger partial charge is 0.475 e. The number of hydrogen-bond acceptors (Lipinski definition) is 4. The number of ketones is 1. The summed E-state index contributed by atoms with van der Waals surface area (Å²) in [6.45, 7) is 5.99. The van der Waals surface area contributed by atoms with E-state index in [1.54, 1.807) is 0 Å². The molecule has 1 aromatic carbocycles. The maximum atomic E-state index is 12.8. The van der Waals surface area contributed by atoms with E-state index in [0.717, 1.165) is 31.1 Å². The van der Waals surface area contributed by atoms with Crippen LogP contribution in [0.1, 0.15) is 57.4 Å². The Hall–Kier alpha value is -2.09. The van der Waals surface area contributed by atoms with Crippen molar-refractivity contribution in [2.24, 2.45) is 17.8 Å². The predicted octanol–water partition coefficient (Wildman–Crippen LogP) is 4.93. The highest BCUT2D eigenvalue weighted by atomic mass is 19.4. The van der Waals surface area contributed by atoms with Crippen LogP contribution in [-0.2, 0) is 16.0 Å². The van der Waals surface area contributed by atoms with Crippen LogP contribution in [0.25, 0.3) is 0 Å². The summed E-state index contributed by atoms with van der Waals surface area (Å²) < 4.78 is 31.7. The number of rotatable bonds is 5. The largest absolute Gasteiger partial charge is 0.490 e. The maximum Gasteiger partial charge on any atom is 0.490 e. The first kappa shape index (κ1) is 25.0. The molecule has 1 N–H and O–H groups in total. The summed E-state index contributed by atoms with van der Waals surface area (Å²) in [5.41, 5.74) is 2.54. The fourth-order valence-electron chi connectivity index (χ4n) is 6.54. The van der Waals surface area contributed by atoms with Crippen LogP contribution in [0.5, 0.6) is 0 Å². The zero-order valence-electron chi connectivity index (χ0n) is 19.8. The molecule has 5 rings (SSSR count). The summed E-state index contributed by atoms with van der Waals surface area (Å²) in [7, 11) is 0. The number of benzene rings is 1. The van der Waals surface area contributed by atoms with Crippen LogP contribution in [0, 0.1) is 17.8 Å². The van der Waals surface area contributed by atoms with Gasteiger partial charge in [0.15, 0.2) is 0 Å². The van der Waals surface area contributed by atoms with Gasteiger partial charge in [0.05, 0.1) is 0 Å². The maximum absolute atomic E-state index is 12.8. The SMILES string of the molecule is CC1CCCN1C1CCN(c2ccc(CC(=O)C3C[C@@H]4CC[C@H]3C4)cc2)C1.O=C(O)C(F)(F)F. The van der Waals surface area contributed by atoms with Gasteiger partial charge in [-0.1, -0.05) is 18.6 Å². The van der Waals surface area contributed by atoms with Crippen molar-refractivity contribution in [1.82, 2.24) is 4.90 Å². The van der Waals surface area contributed by atoms with Crippen LogP contribution in [0.3, 0.4) is 0 Å². The lowest BCUT2D eigenvalue weighted by Gasteiger charge is -2.28. The lowest BCUT2D eigenvalue weighted by molar-refractivity contribution is -0.192. The molecule has 0 aromatic heterocycles. The number of Topliss-reactive ketones (excluding diaryl/α,β-unsaturated/α-hetero) is 1. The summed E-state index contributed by atoms with van der Waals surface area (Å²) in [5.74, 6) is -0.332. The average molecular weight is 481 g/mol. The molecular formula is C26H35F3N2O3. The number of nitrogens with zero attached hydrogens (tertiary/aromatic N) is 2. The third-order valence-electron chi connectivity index (χ3n) is 8.31. The third-order valence-corrected chi connectivity index (χ3v) is 8.31. The van der Waals surface area contributed by atoms with Crippen molar-refractivity contribution >= 4 is 17.4 Å². The van der Waals surface area contributed by atoms with Gasteiger partial charge in [0.2, 0.25) is 0 Å². The fourth-order valence-corrected chi connectivity index (χ4v) is 6.54. The Kier molecular flexibility index (Phi) is 7.55. The molecule has 1 aromatic rings. The Morgan fingerprint density at radius 2 is 1.74 bits per heavy atom. The molecule has 8 heteroatoms. The van der Waals surface area contributed by atoms with Crippen LogP contribution in [0.2, 0.25) is 0 Å². The second-order valence-corrected chi connectivity index (χ2v) is 10.5. The van der Waals surface area contributed by atoms with E-state index in [0.29, 0.717) is 24.0 Å². The van der Waals surface area contributed by atoms with Gasteiger partial charge in [0, 0.05) is 43.2 Å². The minimum absolute atomic E-state index is 0.366. The van der Waals surface area contributed by atoms with E-state index in [2.05, 4.69) is 41.0 Å². The molecule has 2 aliphatic heterocycles. The van der Waals surface area contributed by atoms with E-state index in [4.69, 9.17) is 9.90 Å². The number of carboxylic acids is 1. The Labute approximate surface area is 199 Å². The van der Waals surface area contributed by atoms with E-state index in [9.17, 15) is 18.0 Å². The van der Waals surface area contributed by atoms with E-state index in [1.165, 1.54) is 62.7 Å². The van der Waals surface area contributed by atoms with E-state index in [-0.39, 0.29) is 0 Å². The summed E-state index contributed by atoms with van der Waals surface area (Å²) in [4.78, 5) is 26.9. The summed E-state index contributed by atoms with van der Waals surface area (Å²) in [6, 6.07) is 10.4. The predicted molar refractivity (Wildman–Crippen MR) is 124 cm³/mol. The first-order valence-corrected chi connectivity index (χ1v) is 12.5. The van der Waals surface area contributed by atoms with Crippen molar-refractivity contribution in [2.75, 3.05) is 24.5 Å². The summed E-state index contributed by atoms with van der Waals surface area (Å²) in [5, 5.41) is 7.12. The zero-order chi connectivity index (χ0) is 24.5. The highest BCUT2D eigenvalue weighted by molar-refractivity contribution is 5.84. The monoisotopic (exact) mass is 480 g/mol. The van der Waals surface area contributed by atoms with Gasteiger partial charge in [-0.3, -0.25) is 9.69 Å². The van der Waals surface area contributed by atoms with Crippen molar-refractivity contribution < 1.29 is 27.9 Å². The second kappa shape index (κ2) is 10.3. The summed E-state index contributed by atoms with van der Waals surface area (Å²) >= 11 is 0. The Morgan fingerprint density at radius 3 is 2.26 bits per heavy atom. The minimum atomic E-state index is -5.08. The molecule has 2 saturated carbocycles. The number of fused-ring (bicyclic) bond motifs is 2. The van der Waals surface area contributed by atoms with Gasteiger partial charge in [0.25, 0.3) is 0 Å². The number of carboxylic acid groups (broad SMARTS) is 1. The Balaban J connectivity index is 0.000000344. The summed E-state index contributed by atoms with van der Waals surface area (Å²) in [6.07, 6.45) is 4.73. The quantitative estimate of drug-likeness (QED) is 0.648. The molecule has 2 heterocycles. The number of anilines is 1. The number of carbonyl (C=O) groups excluding carboxylic acids is 1. The molecule has 0 spiro atoms. The van der Waals surface area contributed by atoms with Crippen molar-refractivity contribution in [3.63, 3.8) is 0 Å². The fraction of sp³-hybridized carbons (Fsp3) is 0.692. The molecule has 3 unspecified atom stereocenters. The molecular weight excluding hydrogens is 445 g/mol. The van der Waals surface area contributed by atoms with Gasteiger partial charge in [-0.2, -0.15) is 13.2 Å². The van der Waals surface area contributed by atoms with E-state index >= 15 is 0 Å². The molecule has 34 heavy (non-hydrogen) atoms. The van der Waals surface area contributed by atoms with E-state index < -0.39 is 12.1 Å². The number of hydrogen-bond donors (Lipinski definition) is 1. The molecule has 4 aliphatic rings. The highest BCUT2D eigenvalue weighted by Crippen LogP contribution is 2.48. The Bertz CT molecular complexity index is 873. The molecule has 0 amide bonds. The van der Waals surface area contributed by atoms with Crippen molar-refractivity contribution in [3.05, 3.63) is 29.8 Å². The number of carbonyl (C=O) groups is 2. The first-order valence-electron chi connectivity index (χ1n) is 12.5. The molecule has 4 fully saturated rings. The molecule has 188 valence electrons. The molecule has 2 bridgehead atoms. The van der Waals surface area contributed by atoms with Crippen molar-refractivity contribution in [1.29, 1.82) is 0 Å². The number of aliphatic carboxylic acids is 1. The van der Waals surface area contributed by atoms with Gasteiger partial charge in [0.1, 0.15) is 5.78 Å². The van der Waals surface area contributed by atoms with Crippen molar-refractivity contribution in [3.8, 4) is 0 Å². The minimum Gasteiger partial charge on any atom is -0.475 e. The lowest BCUT2D eigenvalue weighted by Crippen LogP contribution is -2.39. The Morgan fingerprint density at radius 1 is 1.03 bits per heavy atom. The molecule has 2 saturated heterocycles. The topological polar surface area (TPSA) is 60.9 Å². The van der Waals surface area contributed by atoms with E-state index in [1.807, 2.05) is 0 Å². The average Bonchev–Trinajstić information content (AvgIpc) is 3.58. The van der Waals surface area contributed by atoms with Crippen LogP contribution < -0.4 is 4.90 Å². The van der Waals surface area contributed by atoms with Gasteiger partial charge in [-0.25, -0.2) is 4.79 Å². The zero-order valence-corrected chi connectivity index (χ0v) is 19.8. The number of halogens is 3. The van der Waals surface area contributed by atoms with Gasteiger partial charge in [-0.15, -0.1) is 0 Å². The van der Waals surface area contributed by atoms with Crippen LogP contribution >= 0.6 is 0 Å². The molecule has 5 nitrogen and oxygen atoms in total. The van der Waals surface area contributed by atoms with Crippen LogP contribution in [0.4, 0.5) is 18.9 Å². The number of likely N-dealkylation sites (tertiary alicyclic amines) is 1. The van der Waals surface area contributed by atoms with Gasteiger partial charge in [-0.05, 0) is 81.5 Å². The standard InChI is InChI=1S/C24H34N2O.C2HF3O2/c1-17-3-2-11-26(17)22-10-12-25(16-22)21-8-5-18(6-9-21)15-24(27)23-14-19-4-7-20(23)13-19;3-2(4,5)1(6)7/h5-6,8-9,17,19-20,22-23H,2-4,7,10-16H2,1H3;(H,6,7)/t17?,19-,20+,22?,23?;/m1./s1. The molecule has 0 radical (unpaired) electrons. The van der Waals surface area contributed by atoms with Crippen LogP contribution in [-0.4, -0.2) is 59.7 Å². The van der Waals surface area contributed by atoms with Gasteiger partial charge >= 0.3 is 12.1 Å². The highest BCUT2D eigenvalue weighted by Gasteiger charge is 2.42. The number of alkyl halides is 3. The normalized spacial score (nSPS) is 30.9. The van der Waals surface area contributed by atoms with Crippen LogP contribution in [0.15, 0.2) is 24.3 Å². The van der Waals surface area contributed by atoms with Crippen molar-refractivity contribution in [2.45, 2.75) is 76.6 Å². The van der Waals surface area contributed by atoms with Gasteiger partial charge < -0.3 is 10.0 Å². The first-order chi connectivity index (χ1) is 16.1. The molecule has 5 atom stereocenters. The second-order valence-electron chi connectivity index (χ2n) is 10.5. The molecule has 2 aliphatic carbocycles.